The van der Waals surface area contributed by atoms with Gasteiger partial charge in [-0.25, -0.2) is 9.18 Å². The summed E-state index contributed by atoms with van der Waals surface area (Å²) in [7, 11) is 1.17. The maximum absolute atomic E-state index is 16.6. The lowest BCUT2D eigenvalue weighted by molar-refractivity contribution is -0.385. The molecule has 234 valence electrons. The van der Waals surface area contributed by atoms with E-state index < -0.39 is 52.8 Å². The third kappa shape index (κ3) is 6.15. The Morgan fingerprint density at radius 1 is 1.34 bits per heavy atom. The Labute approximate surface area is 264 Å². The lowest BCUT2D eigenvalue weighted by atomic mass is 9.76. The van der Waals surface area contributed by atoms with Crippen molar-refractivity contribution in [3.8, 4) is 0 Å². The van der Waals surface area contributed by atoms with Gasteiger partial charge < -0.3 is 20.5 Å². The highest BCUT2D eigenvalue weighted by atomic mass is 35.5. The molecule has 2 aliphatic heterocycles. The Hall–Kier alpha value is -3.61. The van der Waals surface area contributed by atoms with E-state index in [1.165, 1.54) is 37.5 Å². The van der Waals surface area contributed by atoms with Crippen LogP contribution in [0.15, 0.2) is 72.1 Å². The predicted molar refractivity (Wildman–Crippen MR) is 166 cm³/mol. The van der Waals surface area contributed by atoms with E-state index in [4.69, 9.17) is 23.2 Å². The lowest BCUT2D eigenvalue weighted by Gasteiger charge is -2.39. The standard InChI is InChI=1S/C31H33Cl2FN4O6/c1-17(2)15-37-26(16-39)28(35-14-20-9-8-19(29(40)44-4)12-25(20)38(42)43)27(23(34)7-5-6-18(3)32)31(37)22-11-10-21(33)13-24(22)36-30(31)41/h5-13,17,26-28,35,39H,3,14-16H2,1-2,4H3,(H,36,41)/b6-5-,23-7-/t26-,27-,28+,31+/m0/s1. The summed E-state index contributed by atoms with van der Waals surface area (Å²) in [6.07, 6.45) is 3.96. The summed E-state index contributed by atoms with van der Waals surface area (Å²) in [6.45, 7) is 7.18. The summed E-state index contributed by atoms with van der Waals surface area (Å²) >= 11 is 12.1. The Morgan fingerprint density at radius 3 is 2.68 bits per heavy atom. The average molecular weight is 648 g/mol. The van der Waals surface area contributed by atoms with Crippen molar-refractivity contribution in [2.24, 2.45) is 11.8 Å². The summed E-state index contributed by atoms with van der Waals surface area (Å²) in [5.41, 5.74) is -0.838. The number of methoxy groups -OCH3 is 1. The molecule has 1 amide bonds. The number of anilines is 1. The van der Waals surface area contributed by atoms with Crippen LogP contribution in [0, 0.1) is 22.0 Å². The van der Waals surface area contributed by atoms with Crippen LogP contribution < -0.4 is 10.6 Å². The molecular formula is C31H33Cl2FN4O6. The number of carbonyl (C=O) groups excluding carboxylic acids is 2. The number of esters is 1. The molecule has 4 atom stereocenters. The zero-order valence-corrected chi connectivity index (χ0v) is 25.9. The van der Waals surface area contributed by atoms with Gasteiger partial charge in [0.15, 0.2) is 0 Å². The molecule has 0 saturated carbocycles. The molecule has 2 aliphatic rings. The Morgan fingerprint density at radius 2 is 2.07 bits per heavy atom. The van der Waals surface area contributed by atoms with Crippen LogP contribution in [0.5, 0.6) is 0 Å². The van der Waals surface area contributed by atoms with Gasteiger partial charge in [-0.2, -0.15) is 0 Å². The normalized spacial score (nSPS) is 23.4. The summed E-state index contributed by atoms with van der Waals surface area (Å²) in [5.74, 6) is -3.12. The number of rotatable bonds is 11. The maximum atomic E-state index is 16.6. The second kappa shape index (κ2) is 13.6. The van der Waals surface area contributed by atoms with Gasteiger partial charge in [-0.1, -0.05) is 61.8 Å². The molecule has 2 heterocycles. The summed E-state index contributed by atoms with van der Waals surface area (Å²) in [4.78, 5) is 39.3. The number of aliphatic hydroxyl groups excluding tert-OH is 1. The van der Waals surface area contributed by atoms with Crippen molar-refractivity contribution >= 4 is 46.5 Å². The van der Waals surface area contributed by atoms with Crippen molar-refractivity contribution in [2.75, 3.05) is 25.6 Å². The molecule has 44 heavy (non-hydrogen) atoms. The number of ether oxygens (including phenoxy) is 1. The molecule has 2 aromatic carbocycles. The van der Waals surface area contributed by atoms with Crippen molar-refractivity contribution < 1.29 is 28.7 Å². The van der Waals surface area contributed by atoms with Crippen LogP contribution in [0.3, 0.4) is 0 Å². The van der Waals surface area contributed by atoms with Crippen LogP contribution in [-0.2, 0) is 21.6 Å². The van der Waals surface area contributed by atoms with Crippen molar-refractivity contribution in [3.05, 3.63) is 104 Å². The second-order valence-electron chi connectivity index (χ2n) is 11.0. The molecule has 0 bridgehead atoms. The van der Waals surface area contributed by atoms with Gasteiger partial charge in [-0.05, 0) is 36.3 Å². The second-order valence-corrected chi connectivity index (χ2v) is 12.0. The number of benzene rings is 2. The first-order valence-electron chi connectivity index (χ1n) is 13.8. The molecule has 10 nitrogen and oxygen atoms in total. The van der Waals surface area contributed by atoms with Gasteiger partial charge in [0.2, 0.25) is 5.91 Å². The van der Waals surface area contributed by atoms with Crippen molar-refractivity contribution in [1.29, 1.82) is 0 Å². The van der Waals surface area contributed by atoms with E-state index in [9.17, 15) is 24.8 Å². The molecule has 3 N–H and O–H groups in total. The number of nitro groups is 1. The highest BCUT2D eigenvalue weighted by Crippen LogP contribution is 2.56. The predicted octanol–water partition coefficient (Wildman–Crippen LogP) is 5.45. The van der Waals surface area contributed by atoms with Gasteiger partial charge in [0.25, 0.3) is 5.69 Å². The molecule has 1 spiro atoms. The summed E-state index contributed by atoms with van der Waals surface area (Å²) in [6, 6.07) is 7.09. The molecule has 1 saturated heterocycles. The van der Waals surface area contributed by atoms with E-state index in [0.717, 1.165) is 6.07 Å². The summed E-state index contributed by atoms with van der Waals surface area (Å²) in [5, 5.41) is 29.4. The van der Waals surface area contributed by atoms with E-state index in [1.54, 1.807) is 23.1 Å². The molecular weight excluding hydrogens is 614 g/mol. The van der Waals surface area contributed by atoms with Crippen LogP contribution in [0.4, 0.5) is 15.8 Å². The van der Waals surface area contributed by atoms with Gasteiger partial charge in [-0.15, -0.1) is 0 Å². The molecule has 0 unspecified atom stereocenters. The number of nitro benzene ring substituents is 1. The number of fused-ring (bicyclic) bond motifs is 2. The van der Waals surface area contributed by atoms with Crippen LogP contribution in [0.1, 0.15) is 35.3 Å². The van der Waals surface area contributed by atoms with E-state index in [0.29, 0.717) is 22.8 Å². The van der Waals surface area contributed by atoms with Crippen LogP contribution in [-0.4, -0.2) is 59.2 Å². The molecule has 0 aliphatic carbocycles. The van der Waals surface area contributed by atoms with Gasteiger partial charge >= 0.3 is 5.97 Å². The van der Waals surface area contributed by atoms with Gasteiger partial charge in [0.05, 0.1) is 36.2 Å². The molecule has 13 heteroatoms. The van der Waals surface area contributed by atoms with Gasteiger partial charge in [0.1, 0.15) is 11.4 Å². The third-order valence-corrected chi connectivity index (χ3v) is 8.23. The zero-order chi connectivity index (χ0) is 32.3. The van der Waals surface area contributed by atoms with Crippen molar-refractivity contribution in [3.63, 3.8) is 0 Å². The van der Waals surface area contributed by atoms with E-state index in [2.05, 4.69) is 21.9 Å². The zero-order valence-electron chi connectivity index (χ0n) is 24.4. The first-order valence-corrected chi connectivity index (χ1v) is 14.6. The molecule has 4 rings (SSSR count). The first-order chi connectivity index (χ1) is 20.9. The van der Waals surface area contributed by atoms with Crippen LogP contribution in [0.2, 0.25) is 5.02 Å². The number of allylic oxidation sites excluding steroid dienone is 4. The fourth-order valence-electron chi connectivity index (χ4n) is 6.22. The third-order valence-electron chi connectivity index (χ3n) is 7.87. The number of amides is 1. The first kappa shape index (κ1) is 33.3. The van der Waals surface area contributed by atoms with Gasteiger partial charge in [0, 0.05) is 52.1 Å². The van der Waals surface area contributed by atoms with E-state index in [1.807, 2.05) is 13.8 Å². The minimum atomic E-state index is -1.61. The van der Waals surface area contributed by atoms with Crippen LogP contribution in [0.25, 0.3) is 0 Å². The quantitative estimate of drug-likeness (QED) is 0.127. The van der Waals surface area contributed by atoms with Gasteiger partial charge in [-0.3, -0.25) is 19.8 Å². The average Bonchev–Trinajstić information content (AvgIpc) is 3.40. The Kier molecular flexibility index (Phi) is 10.3. The number of likely N-dealkylation sites (tertiary alicyclic amines) is 1. The SMILES string of the molecule is C=C(Cl)/C=C\C=C(/F)[C@H]1[C@H](NCc2ccc(C(=O)OC)cc2[N+](=O)[O-])[C@H](CO)N(CC(C)C)[C@@]12C(=O)Nc1cc(Cl)ccc12. The lowest BCUT2D eigenvalue weighted by Crippen LogP contribution is -2.54. The number of hydrogen-bond donors (Lipinski definition) is 3. The smallest absolute Gasteiger partial charge is 0.338 e. The number of aliphatic hydroxyl groups is 1. The number of hydrogen-bond acceptors (Lipinski definition) is 8. The molecule has 2 aromatic rings. The highest BCUT2D eigenvalue weighted by molar-refractivity contribution is 6.31. The summed E-state index contributed by atoms with van der Waals surface area (Å²) < 4.78 is 21.3. The van der Waals surface area contributed by atoms with E-state index in [-0.39, 0.29) is 34.3 Å². The number of nitrogens with one attached hydrogen (secondary N) is 2. The Balaban J connectivity index is 1.89. The molecule has 0 aromatic heterocycles. The topological polar surface area (TPSA) is 134 Å². The minimum absolute atomic E-state index is 0.00272. The van der Waals surface area contributed by atoms with Crippen molar-refractivity contribution in [1.82, 2.24) is 10.2 Å². The maximum Gasteiger partial charge on any atom is 0.338 e. The highest BCUT2D eigenvalue weighted by Gasteiger charge is 2.67. The largest absolute Gasteiger partial charge is 0.465 e. The fourth-order valence-corrected chi connectivity index (χ4v) is 6.46. The fraction of sp³-hybridized carbons (Fsp3) is 0.355. The monoisotopic (exact) mass is 646 g/mol. The van der Waals surface area contributed by atoms with Crippen LogP contribution >= 0.6 is 23.2 Å². The van der Waals surface area contributed by atoms with E-state index >= 15 is 4.39 Å². The number of carbonyl (C=O) groups is 2. The van der Waals surface area contributed by atoms with Crippen molar-refractivity contribution in [2.45, 2.75) is 38.0 Å². The number of nitrogens with zero attached hydrogens (tertiary/aromatic N) is 2. The number of halogens is 3. The molecule has 0 radical (unpaired) electrons. The Bertz CT molecular complexity index is 1550. The molecule has 1 fully saturated rings. The minimum Gasteiger partial charge on any atom is -0.465 e.